The molecule has 1 aromatic rings. The van der Waals surface area contributed by atoms with Crippen LogP contribution in [0.4, 0.5) is 0 Å². The van der Waals surface area contributed by atoms with E-state index >= 15 is 0 Å². The first-order chi connectivity index (χ1) is 9.85. The van der Waals surface area contributed by atoms with E-state index in [1.807, 2.05) is 6.07 Å². The molecule has 0 bridgehead atoms. The molecule has 1 aliphatic heterocycles. The first-order valence-corrected chi connectivity index (χ1v) is 7.50. The Morgan fingerprint density at radius 3 is 2.85 bits per heavy atom. The molecule has 20 heavy (non-hydrogen) atoms. The SMILES string of the molecule is COC1CCC(NCc2ccc3c(c2)OCCCO3)C1. The molecule has 1 saturated carbocycles. The summed E-state index contributed by atoms with van der Waals surface area (Å²) in [5.41, 5.74) is 1.25. The molecular formula is C16H23NO3. The van der Waals surface area contributed by atoms with Gasteiger partial charge in [0.25, 0.3) is 0 Å². The van der Waals surface area contributed by atoms with Crippen LogP contribution in [0.3, 0.4) is 0 Å². The fourth-order valence-corrected chi connectivity index (χ4v) is 2.92. The average Bonchev–Trinajstić information content (AvgIpc) is 2.82. The Balaban J connectivity index is 1.57. The maximum atomic E-state index is 5.72. The molecule has 2 atom stereocenters. The Kier molecular flexibility index (Phi) is 4.43. The van der Waals surface area contributed by atoms with Gasteiger partial charge in [-0.1, -0.05) is 6.07 Å². The summed E-state index contributed by atoms with van der Waals surface area (Å²) in [6.45, 7) is 2.35. The number of ether oxygens (including phenoxy) is 3. The van der Waals surface area contributed by atoms with E-state index < -0.39 is 0 Å². The Labute approximate surface area is 120 Å². The molecule has 110 valence electrons. The van der Waals surface area contributed by atoms with Crippen LogP contribution < -0.4 is 14.8 Å². The average molecular weight is 277 g/mol. The minimum atomic E-state index is 0.427. The molecule has 1 fully saturated rings. The molecule has 4 nitrogen and oxygen atoms in total. The van der Waals surface area contributed by atoms with Crippen LogP contribution in [0.25, 0.3) is 0 Å². The zero-order chi connectivity index (χ0) is 13.8. The predicted octanol–water partition coefficient (Wildman–Crippen LogP) is 2.51. The summed E-state index contributed by atoms with van der Waals surface area (Å²) < 4.78 is 16.8. The molecule has 1 aliphatic carbocycles. The number of fused-ring (bicyclic) bond motifs is 1. The lowest BCUT2D eigenvalue weighted by atomic mass is 10.1. The van der Waals surface area contributed by atoms with Gasteiger partial charge in [-0.2, -0.15) is 0 Å². The molecule has 2 unspecified atom stereocenters. The zero-order valence-corrected chi connectivity index (χ0v) is 12.1. The molecule has 0 aromatic heterocycles. The Hall–Kier alpha value is -1.26. The Morgan fingerprint density at radius 1 is 1.20 bits per heavy atom. The summed E-state index contributed by atoms with van der Waals surface area (Å²) >= 11 is 0. The van der Waals surface area contributed by atoms with Gasteiger partial charge < -0.3 is 19.5 Å². The first kappa shape index (κ1) is 13.7. The van der Waals surface area contributed by atoms with Gasteiger partial charge in [-0.3, -0.25) is 0 Å². The Morgan fingerprint density at radius 2 is 2.05 bits per heavy atom. The topological polar surface area (TPSA) is 39.7 Å². The predicted molar refractivity (Wildman–Crippen MR) is 77.3 cm³/mol. The minimum absolute atomic E-state index is 0.427. The van der Waals surface area contributed by atoms with Crippen LogP contribution in [-0.4, -0.2) is 32.5 Å². The van der Waals surface area contributed by atoms with Gasteiger partial charge in [0.05, 0.1) is 19.3 Å². The number of hydrogen-bond acceptors (Lipinski definition) is 4. The standard InChI is InChI=1S/C16H23NO3/c1-18-14-5-4-13(10-14)17-11-12-3-6-15-16(9-12)20-8-2-7-19-15/h3,6,9,13-14,17H,2,4-5,7-8,10-11H2,1H3. The van der Waals surface area contributed by atoms with Crippen molar-refractivity contribution in [2.24, 2.45) is 0 Å². The summed E-state index contributed by atoms with van der Waals surface area (Å²) in [6, 6.07) is 6.79. The molecule has 0 radical (unpaired) electrons. The second-order valence-corrected chi connectivity index (χ2v) is 5.58. The summed E-state index contributed by atoms with van der Waals surface area (Å²) in [5.74, 6) is 1.74. The molecular weight excluding hydrogens is 254 g/mol. The summed E-state index contributed by atoms with van der Waals surface area (Å²) in [6.07, 6.45) is 4.85. The van der Waals surface area contributed by atoms with Gasteiger partial charge in [-0.25, -0.2) is 0 Å². The lowest BCUT2D eigenvalue weighted by Crippen LogP contribution is -2.26. The highest BCUT2D eigenvalue weighted by molar-refractivity contribution is 5.43. The van der Waals surface area contributed by atoms with Gasteiger partial charge in [-0.05, 0) is 37.0 Å². The number of methoxy groups -OCH3 is 1. The maximum absolute atomic E-state index is 5.72. The van der Waals surface area contributed by atoms with Gasteiger partial charge in [0, 0.05) is 26.1 Å². The monoisotopic (exact) mass is 277 g/mol. The zero-order valence-electron chi connectivity index (χ0n) is 12.1. The smallest absolute Gasteiger partial charge is 0.161 e. The lowest BCUT2D eigenvalue weighted by Gasteiger charge is -2.14. The van der Waals surface area contributed by atoms with E-state index in [0.29, 0.717) is 12.1 Å². The van der Waals surface area contributed by atoms with E-state index in [4.69, 9.17) is 14.2 Å². The third-order valence-electron chi connectivity index (χ3n) is 4.12. The number of hydrogen-bond donors (Lipinski definition) is 1. The summed E-state index contributed by atoms with van der Waals surface area (Å²) in [5, 5.41) is 3.61. The van der Waals surface area contributed by atoms with Crippen molar-refractivity contribution in [3.63, 3.8) is 0 Å². The van der Waals surface area contributed by atoms with Gasteiger partial charge >= 0.3 is 0 Å². The third kappa shape index (κ3) is 3.25. The van der Waals surface area contributed by atoms with Crippen LogP contribution in [0, 0.1) is 0 Å². The van der Waals surface area contributed by atoms with Gasteiger partial charge in [0.2, 0.25) is 0 Å². The fourth-order valence-electron chi connectivity index (χ4n) is 2.92. The van der Waals surface area contributed by atoms with Crippen LogP contribution in [0.5, 0.6) is 11.5 Å². The van der Waals surface area contributed by atoms with Gasteiger partial charge in [-0.15, -0.1) is 0 Å². The molecule has 0 saturated heterocycles. The quantitative estimate of drug-likeness (QED) is 0.918. The van der Waals surface area contributed by atoms with Crippen LogP contribution in [0.2, 0.25) is 0 Å². The normalized spacial score (nSPS) is 25.4. The van der Waals surface area contributed by atoms with Crippen molar-refractivity contribution in [1.29, 1.82) is 0 Å². The molecule has 3 rings (SSSR count). The van der Waals surface area contributed by atoms with E-state index in [1.54, 1.807) is 7.11 Å². The number of nitrogens with one attached hydrogen (secondary N) is 1. The van der Waals surface area contributed by atoms with Crippen molar-refractivity contribution in [3.8, 4) is 11.5 Å². The number of benzene rings is 1. The Bertz CT molecular complexity index is 449. The van der Waals surface area contributed by atoms with E-state index in [-0.39, 0.29) is 0 Å². The fraction of sp³-hybridized carbons (Fsp3) is 0.625. The van der Waals surface area contributed by atoms with Crippen LogP contribution >= 0.6 is 0 Å². The van der Waals surface area contributed by atoms with Crippen molar-refractivity contribution in [2.45, 2.75) is 44.4 Å². The van der Waals surface area contributed by atoms with Gasteiger partial charge in [0.15, 0.2) is 11.5 Å². The van der Waals surface area contributed by atoms with Crippen molar-refractivity contribution in [2.75, 3.05) is 20.3 Å². The van der Waals surface area contributed by atoms with E-state index in [9.17, 15) is 0 Å². The van der Waals surface area contributed by atoms with E-state index in [1.165, 1.54) is 12.0 Å². The number of rotatable bonds is 4. The second-order valence-electron chi connectivity index (χ2n) is 5.58. The van der Waals surface area contributed by atoms with Crippen molar-refractivity contribution in [3.05, 3.63) is 23.8 Å². The van der Waals surface area contributed by atoms with Crippen molar-refractivity contribution >= 4 is 0 Å². The largest absolute Gasteiger partial charge is 0.490 e. The van der Waals surface area contributed by atoms with Gasteiger partial charge in [0.1, 0.15) is 0 Å². The van der Waals surface area contributed by atoms with E-state index in [2.05, 4.69) is 17.4 Å². The third-order valence-corrected chi connectivity index (χ3v) is 4.12. The van der Waals surface area contributed by atoms with E-state index in [0.717, 1.165) is 50.5 Å². The molecule has 0 spiro atoms. The molecule has 0 amide bonds. The molecule has 1 heterocycles. The lowest BCUT2D eigenvalue weighted by molar-refractivity contribution is 0.107. The van der Waals surface area contributed by atoms with Crippen LogP contribution in [-0.2, 0) is 11.3 Å². The highest BCUT2D eigenvalue weighted by Gasteiger charge is 2.23. The van der Waals surface area contributed by atoms with Crippen LogP contribution in [0.1, 0.15) is 31.2 Å². The molecule has 1 N–H and O–H groups in total. The molecule has 2 aliphatic rings. The first-order valence-electron chi connectivity index (χ1n) is 7.50. The summed E-state index contributed by atoms with van der Waals surface area (Å²) in [7, 11) is 1.80. The minimum Gasteiger partial charge on any atom is -0.490 e. The second kappa shape index (κ2) is 6.46. The van der Waals surface area contributed by atoms with Crippen LogP contribution in [0.15, 0.2) is 18.2 Å². The maximum Gasteiger partial charge on any atom is 0.161 e. The van der Waals surface area contributed by atoms with Crippen molar-refractivity contribution < 1.29 is 14.2 Å². The molecule has 1 aromatic carbocycles. The highest BCUT2D eigenvalue weighted by atomic mass is 16.5. The summed E-state index contributed by atoms with van der Waals surface area (Å²) in [4.78, 5) is 0. The van der Waals surface area contributed by atoms with Crippen molar-refractivity contribution in [1.82, 2.24) is 5.32 Å². The molecule has 4 heteroatoms. The highest BCUT2D eigenvalue weighted by Crippen LogP contribution is 2.30.